The molecule has 1 atom stereocenters. The molecule has 0 aliphatic carbocycles. The second kappa shape index (κ2) is 3.82. The van der Waals surface area contributed by atoms with E-state index in [1.54, 1.807) is 0 Å². The molecule has 0 aromatic carbocycles. The summed E-state index contributed by atoms with van der Waals surface area (Å²) in [6.07, 6.45) is 0.665. The topological polar surface area (TPSA) is 37.3 Å². The minimum absolute atomic E-state index is 0.00704. The van der Waals surface area contributed by atoms with Crippen LogP contribution in [0.2, 0.25) is 0 Å². The molecule has 0 radical (unpaired) electrons. The van der Waals surface area contributed by atoms with Crippen molar-refractivity contribution in [3.8, 4) is 0 Å². The summed E-state index contributed by atoms with van der Waals surface area (Å²) in [7, 11) is 0. The highest BCUT2D eigenvalue weighted by Gasteiger charge is 2.02. The maximum absolute atomic E-state index is 12.3. The second-order valence-electron chi connectivity index (χ2n) is 1.83. The van der Waals surface area contributed by atoms with Gasteiger partial charge in [0.2, 0.25) is 0 Å². The molecule has 0 aromatic rings. The van der Waals surface area contributed by atoms with E-state index in [-0.39, 0.29) is 5.57 Å². The molecule has 1 N–H and O–H groups in total. The molecule has 0 rings (SSSR count). The van der Waals surface area contributed by atoms with Crippen LogP contribution in [0.15, 0.2) is 24.3 Å². The van der Waals surface area contributed by atoms with Crippen LogP contribution in [0.4, 0.5) is 4.39 Å². The van der Waals surface area contributed by atoms with Gasteiger partial charge < -0.3 is 5.11 Å². The first-order valence-corrected chi connectivity index (χ1v) is 2.76. The molecule has 1 unspecified atom stereocenters. The van der Waals surface area contributed by atoms with Crippen molar-refractivity contribution in [2.24, 2.45) is 0 Å². The summed E-state index contributed by atoms with van der Waals surface area (Å²) in [5, 5.41) is 8.26. The van der Waals surface area contributed by atoms with Gasteiger partial charge in [-0.3, -0.25) is 0 Å². The van der Waals surface area contributed by atoms with Crippen molar-refractivity contribution >= 4 is 5.97 Å². The molecule has 3 heteroatoms. The zero-order chi connectivity index (χ0) is 8.15. The van der Waals surface area contributed by atoms with Gasteiger partial charge in [0, 0.05) is 5.57 Å². The Balaban J connectivity index is 4.15. The Hall–Kier alpha value is -1.12. The van der Waals surface area contributed by atoms with Crippen molar-refractivity contribution in [1.82, 2.24) is 0 Å². The smallest absolute Gasteiger partial charge is 0.331 e. The summed E-state index contributed by atoms with van der Waals surface area (Å²) in [5.74, 6) is -1.11. The monoisotopic (exact) mass is 144 g/mol. The number of aliphatic carboxylic acids is 1. The number of allylic oxidation sites excluding steroid dienone is 2. The molecule has 0 aliphatic heterocycles. The van der Waals surface area contributed by atoms with Crippen molar-refractivity contribution in [2.45, 2.75) is 13.1 Å². The zero-order valence-electron chi connectivity index (χ0n) is 5.67. The van der Waals surface area contributed by atoms with Crippen molar-refractivity contribution in [3.05, 3.63) is 24.3 Å². The Kier molecular flexibility index (Phi) is 3.39. The fourth-order valence-corrected chi connectivity index (χ4v) is 0.378. The number of hydrogen-bond acceptors (Lipinski definition) is 1. The predicted molar refractivity (Wildman–Crippen MR) is 36.5 cm³/mol. The van der Waals surface area contributed by atoms with Gasteiger partial charge in [-0.15, -0.1) is 0 Å². The molecule has 10 heavy (non-hydrogen) atoms. The molecule has 2 nitrogen and oxygen atoms in total. The van der Waals surface area contributed by atoms with Crippen molar-refractivity contribution in [2.75, 3.05) is 0 Å². The summed E-state index contributed by atoms with van der Waals surface area (Å²) in [5.41, 5.74) is -0.00704. The van der Waals surface area contributed by atoms with Gasteiger partial charge in [-0.2, -0.15) is 0 Å². The molecule has 0 spiro atoms. The van der Waals surface area contributed by atoms with E-state index in [0.717, 1.165) is 12.2 Å². The number of carbonyl (C=O) groups is 1. The van der Waals surface area contributed by atoms with E-state index in [9.17, 15) is 9.18 Å². The van der Waals surface area contributed by atoms with Gasteiger partial charge in [0.05, 0.1) is 0 Å². The number of carboxylic acids is 1. The Morgan fingerprint density at radius 3 is 2.60 bits per heavy atom. The first-order chi connectivity index (χ1) is 4.57. The van der Waals surface area contributed by atoms with E-state index in [1.165, 1.54) is 6.92 Å². The molecule has 0 fully saturated rings. The fourth-order valence-electron chi connectivity index (χ4n) is 0.378. The van der Waals surface area contributed by atoms with Gasteiger partial charge >= 0.3 is 5.97 Å². The lowest BCUT2D eigenvalue weighted by molar-refractivity contribution is -0.132. The summed E-state index contributed by atoms with van der Waals surface area (Å²) >= 11 is 0. The van der Waals surface area contributed by atoms with Gasteiger partial charge in [-0.05, 0) is 13.0 Å². The molecule has 0 amide bonds. The number of rotatable bonds is 3. The number of alkyl halides is 1. The van der Waals surface area contributed by atoms with Crippen molar-refractivity contribution < 1.29 is 14.3 Å². The van der Waals surface area contributed by atoms with Gasteiger partial charge in [-0.1, -0.05) is 12.7 Å². The fraction of sp³-hybridized carbons (Fsp3) is 0.286. The molecule has 0 aliphatic rings. The van der Waals surface area contributed by atoms with Crippen LogP contribution in [0.5, 0.6) is 0 Å². The normalized spacial score (nSPS) is 14.4. The average molecular weight is 144 g/mol. The molecule has 0 saturated heterocycles. The Labute approximate surface area is 58.7 Å². The predicted octanol–water partition coefficient (Wildman–Crippen LogP) is 1.54. The average Bonchev–Trinajstić information content (AvgIpc) is 1.87. The number of halogens is 1. The van der Waals surface area contributed by atoms with Crippen LogP contribution in [0.25, 0.3) is 0 Å². The van der Waals surface area contributed by atoms with Crippen LogP contribution in [0.1, 0.15) is 6.92 Å². The maximum atomic E-state index is 12.3. The second-order valence-corrected chi connectivity index (χ2v) is 1.83. The van der Waals surface area contributed by atoms with Crippen LogP contribution in [0, 0.1) is 0 Å². The first-order valence-electron chi connectivity index (χ1n) is 2.76. The Bertz CT molecular complexity index is 172. The molecule has 0 bridgehead atoms. The van der Waals surface area contributed by atoms with Crippen LogP contribution >= 0.6 is 0 Å². The summed E-state index contributed by atoms with van der Waals surface area (Å²) in [6, 6.07) is 0. The van der Waals surface area contributed by atoms with E-state index in [4.69, 9.17) is 5.11 Å². The van der Waals surface area contributed by atoms with E-state index in [2.05, 4.69) is 6.58 Å². The highest BCUT2D eigenvalue weighted by atomic mass is 19.1. The molecule has 0 saturated carbocycles. The third-order valence-electron chi connectivity index (χ3n) is 0.972. The SMILES string of the molecule is C=CC(F)/C=C(\C)C(=O)O. The van der Waals surface area contributed by atoms with Crippen LogP contribution in [0.3, 0.4) is 0 Å². The third kappa shape index (κ3) is 3.02. The molecule has 56 valence electrons. The molecule has 0 heterocycles. The Morgan fingerprint density at radius 2 is 2.30 bits per heavy atom. The standard InChI is InChI=1S/C7H9FO2/c1-3-6(8)4-5(2)7(9)10/h3-4,6H,1H2,2H3,(H,9,10)/b5-4+. The highest BCUT2D eigenvalue weighted by Crippen LogP contribution is 2.00. The van der Waals surface area contributed by atoms with E-state index >= 15 is 0 Å². The van der Waals surface area contributed by atoms with E-state index < -0.39 is 12.1 Å². The van der Waals surface area contributed by atoms with Gasteiger partial charge in [0.25, 0.3) is 0 Å². The quantitative estimate of drug-likeness (QED) is 0.482. The lowest BCUT2D eigenvalue weighted by atomic mass is 10.2. The van der Waals surface area contributed by atoms with E-state index in [1.807, 2.05) is 0 Å². The number of hydrogen-bond donors (Lipinski definition) is 1. The Morgan fingerprint density at radius 1 is 1.80 bits per heavy atom. The minimum Gasteiger partial charge on any atom is -0.478 e. The van der Waals surface area contributed by atoms with Crippen molar-refractivity contribution in [3.63, 3.8) is 0 Å². The molecule has 0 aromatic heterocycles. The lowest BCUT2D eigenvalue weighted by Crippen LogP contribution is -1.99. The highest BCUT2D eigenvalue weighted by molar-refractivity contribution is 5.85. The minimum atomic E-state index is -1.36. The van der Waals surface area contributed by atoms with Crippen molar-refractivity contribution in [1.29, 1.82) is 0 Å². The summed E-state index contributed by atoms with van der Waals surface area (Å²) in [6.45, 7) is 4.49. The zero-order valence-corrected chi connectivity index (χ0v) is 5.67. The summed E-state index contributed by atoms with van der Waals surface area (Å²) in [4.78, 5) is 10.1. The van der Waals surface area contributed by atoms with Gasteiger partial charge in [0.1, 0.15) is 6.17 Å². The van der Waals surface area contributed by atoms with E-state index in [0.29, 0.717) is 0 Å². The van der Waals surface area contributed by atoms with Crippen LogP contribution in [-0.4, -0.2) is 17.2 Å². The largest absolute Gasteiger partial charge is 0.478 e. The summed E-state index contributed by atoms with van der Waals surface area (Å²) < 4.78 is 12.3. The third-order valence-corrected chi connectivity index (χ3v) is 0.972. The van der Waals surface area contributed by atoms with Crippen LogP contribution < -0.4 is 0 Å². The lowest BCUT2D eigenvalue weighted by Gasteiger charge is -1.94. The number of carboxylic acid groups (broad SMARTS) is 1. The van der Waals surface area contributed by atoms with Crippen LogP contribution in [-0.2, 0) is 4.79 Å². The molecular formula is C7H9FO2. The first kappa shape index (κ1) is 8.88. The molecular weight excluding hydrogens is 135 g/mol. The van der Waals surface area contributed by atoms with Gasteiger partial charge in [-0.25, -0.2) is 9.18 Å². The van der Waals surface area contributed by atoms with Gasteiger partial charge in [0.15, 0.2) is 0 Å². The maximum Gasteiger partial charge on any atom is 0.331 e.